The van der Waals surface area contributed by atoms with Gasteiger partial charge >= 0.3 is 11.9 Å². The first-order chi connectivity index (χ1) is 14.1. The second kappa shape index (κ2) is 10.0. The molecule has 1 saturated heterocycles. The van der Waals surface area contributed by atoms with Gasteiger partial charge in [-0.15, -0.1) is 0 Å². The molecule has 0 saturated carbocycles. The Balaban J connectivity index is 1.97. The third-order valence-corrected chi connectivity index (χ3v) is 5.29. The summed E-state index contributed by atoms with van der Waals surface area (Å²) in [6.07, 6.45) is 3.84. The number of rotatable bonds is 7. The van der Waals surface area contributed by atoms with Crippen molar-refractivity contribution in [2.45, 2.75) is 32.0 Å². The molecule has 0 unspecified atom stereocenters. The van der Waals surface area contributed by atoms with Crippen LogP contribution in [0.4, 0.5) is 0 Å². The maximum absolute atomic E-state index is 12.6. The first-order valence-corrected chi connectivity index (χ1v) is 9.91. The molecule has 0 aliphatic carbocycles. The molecule has 0 bridgehead atoms. The van der Waals surface area contributed by atoms with Gasteiger partial charge in [0.1, 0.15) is 0 Å². The lowest BCUT2D eigenvalue weighted by molar-refractivity contribution is -0.146. The summed E-state index contributed by atoms with van der Waals surface area (Å²) in [6, 6.07) is 20.1. The summed E-state index contributed by atoms with van der Waals surface area (Å²) in [5, 5.41) is 0. The van der Waals surface area contributed by atoms with E-state index in [1.165, 1.54) is 13.2 Å². The van der Waals surface area contributed by atoms with Crippen molar-refractivity contribution in [1.82, 2.24) is 4.90 Å². The van der Waals surface area contributed by atoms with E-state index < -0.39 is 5.97 Å². The minimum atomic E-state index is -0.404. The van der Waals surface area contributed by atoms with E-state index in [-0.39, 0.29) is 24.0 Å². The second-order valence-corrected chi connectivity index (χ2v) is 7.05. The Morgan fingerprint density at radius 1 is 1.07 bits per heavy atom. The predicted molar refractivity (Wildman–Crippen MR) is 111 cm³/mol. The van der Waals surface area contributed by atoms with Gasteiger partial charge in [0.25, 0.3) is 0 Å². The molecule has 1 fully saturated rings. The molecule has 3 atom stereocenters. The molecular formula is C24H27NO4. The fraction of sp³-hybridized carbons (Fsp3) is 0.333. The number of hydrogen-bond acceptors (Lipinski definition) is 5. The first kappa shape index (κ1) is 20.8. The molecule has 152 valence electrons. The van der Waals surface area contributed by atoms with E-state index >= 15 is 0 Å². The highest BCUT2D eigenvalue weighted by atomic mass is 16.5. The lowest BCUT2D eigenvalue weighted by Gasteiger charge is -2.30. The van der Waals surface area contributed by atoms with Crippen LogP contribution in [0.25, 0.3) is 0 Å². The Hall–Kier alpha value is -2.92. The molecule has 1 aliphatic heterocycles. The number of methoxy groups -OCH3 is 1. The number of esters is 2. The number of likely N-dealkylation sites (tertiary alicyclic amines) is 1. The molecule has 3 rings (SSSR count). The van der Waals surface area contributed by atoms with Crippen molar-refractivity contribution in [3.63, 3.8) is 0 Å². The van der Waals surface area contributed by atoms with Crippen molar-refractivity contribution in [3.8, 4) is 0 Å². The van der Waals surface area contributed by atoms with Crippen LogP contribution in [0.5, 0.6) is 0 Å². The fourth-order valence-electron chi connectivity index (χ4n) is 3.97. The number of carbonyl (C=O) groups is 2. The molecule has 2 aromatic rings. The third kappa shape index (κ3) is 5.12. The van der Waals surface area contributed by atoms with Crippen molar-refractivity contribution < 1.29 is 19.1 Å². The van der Waals surface area contributed by atoms with E-state index in [1.807, 2.05) is 36.4 Å². The Bertz CT molecular complexity index is 834. The zero-order valence-corrected chi connectivity index (χ0v) is 16.9. The largest absolute Gasteiger partial charge is 0.469 e. The van der Waals surface area contributed by atoms with E-state index in [1.54, 1.807) is 13.0 Å². The molecule has 5 heteroatoms. The van der Waals surface area contributed by atoms with Crippen LogP contribution in [0.2, 0.25) is 0 Å². The van der Waals surface area contributed by atoms with Gasteiger partial charge < -0.3 is 9.47 Å². The maximum atomic E-state index is 12.6. The van der Waals surface area contributed by atoms with Gasteiger partial charge in [0.2, 0.25) is 0 Å². The average molecular weight is 393 g/mol. The second-order valence-electron chi connectivity index (χ2n) is 7.05. The van der Waals surface area contributed by atoms with Crippen LogP contribution in [0.1, 0.15) is 30.5 Å². The minimum absolute atomic E-state index is 0.0392. The van der Waals surface area contributed by atoms with Crippen molar-refractivity contribution >= 4 is 11.9 Å². The van der Waals surface area contributed by atoms with Crippen LogP contribution in [0.3, 0.4) is 0 Å². The van der Waals surface area contributed by atoms with Gasteiger partial charge in [-0.05, 0) is 24.5 Å². The van der Waals surface area contributed by atoms with Gasteiger partial charge in [-0.25, -0.2) is 4.79 Å². The van der Waals surface area contributed by atoms with Crippen LogP contribution in [-0.2, 0) is 25.6 Å². The molecule has 0 radical (unpaired) electrons. The van der Waals surface area contributed by atoms with Gasteiger partial charge in [0, 0.05) is 24.7 Å². The molecular weight excluding hydrogens is 366 g/mol. The summed E-state index contributed by atoms with van der Waals surface area (Å²) < 4.78 is 10.1. The minimum Gasteiger partial charge on any atom is -0.469 e. The van der Waals surface area contributed by atoms with Crippen LogP contribution in [0, 0.1) is 5.92 Å². The zero-order valence-electron chi connectivity index (χ0n) is 16.9. The normalized spacial score (nSPS) is 21.9. The summed E-state index contributed by atoms with van der Waals surface area (Å²) in [5.74, 6) is -1.03. The summed E-state index contributed by atoms with van der Waals surface area (Å²) in [5.41, 5.74) is 2.29. The number of hydrogen-bond donors (Lipinski definition) is 0. The highest BCUT2D eigenvalue weighted by Crippen LogP contribution is 2.42. The van der Waals surface area contributed by atoms with Crippen molar-refractivity contribution in [2.75, 3.05) is 13.7 Å². The monoisotopic (exact) mass is 393 g/mol. The van der Waals surface area contributed by atoms with Gasteiger partial charge in [-0.3, -0.25) is 9.69 Å². The zero-order chi connectivity index (χ0) is 20.6. The van der Waals surface area contributed by atoms with Gasteiger partial charge in [-0.2, -0.15) is 0 Å². The summed E-state index contributed by atoms with van der Waals surface area (Å²) in [7, 11) is 1.41. The molecule has 2 aromatic carbocycles. The first-order valence-electron chi connectivity index (χ1n) is 9.91. The van der Waals surface area contributed by atoms with Crippen molar-refractivity contribution in [2.24, 2.45) is 5.92 Å². The van der Waals surface area contributed by atoms with E-state index in [4.69, 9.17) is 9.47 Å². The number of ether oxygens (including phenoxy) is 2. The van der Waals surface area contributed by atoms with E-state index in [9.17, 15) is 9.59 Å². The highest BCUT2D eigenvalue weighted by Gasteiger charge is 2.44. The lowest BCUT2D eigenvalue weighted by Crippen LogP contribution is -2.35. The molecule has 0 aromatic heterocycles. The van der Waals surface area contributed by atoms with Gasteiger partial charge in [0.05, 0.1) is 19.6 Å². The Morgan fingerprint density at radius 2 is 1.72 bits per heavy atom. The van der Waals surface area contributed by atoms with Crippen molar-refractivity contribution in [3.05, 3.63) is 83.9 Å². The smallest absolute Gasteiger partial charge is 0.330 e. The molecule has 5 nitrogen and oxygen atoms in total. The molecule has 1 aliphatic rings. The van der Waals surface area contributed by atoms with E-state index in [0.29, 0.717) is 19.6 Å². The molecule has 0 spiro atoms. The number of benzene rings is 2. The van der Waals surface area contributed by atoms with Gasteiger partial charge in [-0.1, -0.05) is 66.7 Å². The van der Waals surface area contributed by atoms with Crippen LogP contribution in [-0.4, -0.2) is 36.6 Å². The van der Waals surface area contributed by atoms with E-state index in [0.717, 1.165) is 11.1 Å². The molecule has 0 amide bonds. The Morgan fingerprint density at radius 3 is 2.34 bits per heavy atom. The summed E-state index contributed by atoms with van der Waals surface area (Å²) in [4.78, 5) is 26.8. The Labute approximate surface area is 171 Å². The van der Waals surface area contributed by atoms with Crippen molar-refractivity contribution in [1.29, 1.82) is 0 Å². The predicted octanol–water partition coefficient (Wildman–Crippen LogP) is 3.91. The SMILES string of the molecule is CCOC(=O)/C=C/[C@H]1[C@@H](C(=O)OC)C[C@H](c2ccccc2)N1Cc1ccccc1. The molecule has 29 heavy (non-hydrogen) atoms. The van der Waals surface area contributed by atoms with Crippen LogP contribution in [0.15, 0.2) is 72.8 Å². The summed E-state index contributed by atoms with van der Waals surface area (Å²) in [6.45, 7) is 2.74. The average Bonchev–Trinajstić information content (AvgIpc) is 3.11. The molecule has 1 heterocycles. The number of carbonyl (C=O) groups excluding carboxylic acids is 2. The topological polar surface area (TPSA) is 55.8 Å². The Kier molecular flexibility index (Phi) is 7.19. The van der Waals surface area contributed by atoms with Crippen LogP contribution >= 0.6 is 0 Å². The maximum Gasteiger partial charge on any atom is 0.330 e. The van der Waals surface area contributed by atoms with E-state index in [2.05, 4.69) is 29.2 Å². The lowest BCUT2D eigenvalue weighted by atomic mass is 9.96. The highest BCUT2D eigenvalue weighted by molar-refractivity contribution is 5.82. The fourth-order valence-corrected chi connectivity index (χ4v) is 3.97. The standard InChI is InChI=1S/C24H27NO4/c1-3-29-23(26)15-14-21-20(24(27)28-2)16-22(19-12-8-5-9-13-19)25(21)17-18-10-6-4-7-11-18/h4-15,20-22H,3,16-17H2,1-2H3/b15-14+/t20-,21-,22+/m0/s1. The van der Waals surface area contributed by atoms with Crippen LogP contribution < -0.4 is 0 Å². The molecule has 0 N–H and O–H groups in total. The summed E-state index contributed by atoms with van der Waals surface area (Å²) >= 11 is 0. The number of nitrogens with zero attached hydrogens (tertiary/aromatic N) is 1. The quantitative estimate of drug-likeness (QED) is 0.527. The van der Waals surface area contributed by atoms with Gasteiger partial charge in [0.15, 0.2) is 0 Å². The third-order valence-electron chi connectivity index (χ3n) is 5.29.